The number of nitrogens with one attached hydrogen (secondary N) is 1. The average Bonchev–Trinajstić information content (AvgIpc) is 2.12. The third kappa shape index (κ3) is 3.56. The average molecular weight is 247 g/mol. The van der Waals surface area contributed by atoms with Gasteiger partial charge >= 0.3 is 0 Å². The highest BCUT2D eigenvalue weighted by Crippen LogP contribution is 2.30. The summed E-state index contributed by atoms with van der Waals surface area (Å²) in [5.74, 6) is 0. The zero-order valence-electron chi connectivity index (χ0n) is 9.20. The van der Waals surface area contributed by atoms with E-state index in [0.717, 1.165) is 5.56 Å². The van der Waals surface area contributed by atoms with Gasteiger partial charge in [0, 0.05) is 12.1 Å². The number of nitrogens with two attached hydrogens (primary N) is 1. The molecule has 1 aromatic carbocycles. The third-order valence-electron chi connectivity index (χ3n) is 2.02. The topological polar surface area (TPSA) is 38.0 Å². The van der Waals surface area contributed by atoms with Crippen molar-refractivity contribution in [1.82, 2.24) is 5.32 Å². The highest BCUT2D eigenvalue weighted by Gasteiger charge is 2.12. The molecule has 0 atom stereocenters. The van der Waals surface area contributed by atoms with Crippen molar-refractivity contribution in [2.24, 2.45) is 0 Å². The summed E-state index contributed by atoms with van der Waals surface area (Å²) in [7, 11) is 0. The molecule has 0 fully saturated rings. The van der Waals surface area contributed by atoms with Crippen molar-refractivity contribution >= 4 is 28.9 Å². The van der Waals surface area contributed by atoms with Crippen LogP contribution in [0.1, 0.15) is 26.3 Å². The van der Waals surface area contributed by atoms with E-state index in [-0.39, 0.29) is 5.54 Å². The van der Waals surface area contributed by atoms with Crippen LogP contribution in [0.3, 0.4) is 0 Å². The van der Waals surface area contributed by atoms with Crippen LogP contribution < -0.4 is 11.1 Å². The zero-order chi connectivity index (χ0) is 11.6. The quantitative estimate of drug-likeness (QED) is 0.785. The van der Waals surface area contributed by atoms with Gasteiger partial charge in [-0.1, -0.05) is 29.3 Å². The van der Waals surface area contributed by atoms with E-state index < -0.39 is 0 Å². The molecule has 84 valence electrons. The molecule has 0 unspecified atom stereocenters. The molecule has 4 heteroatoms. The largest absolute Gasteiger partial charge is 0.396 e. The number of hydrogen-bond donors (Lipinski definition) is 2. The fourth-order valence-electron chi connectivity index (χ4n) is 1.11. The maximum absolute atomic E-state index is 6.08. The lowest BCUT2D eigenvalue weighted by Crippen LogP contribution is -2.35. The summed E-state index contributed by atoms with van der Waals surface area (Å²) in [5, 5.41) is 4.38. The van der Waals surface area contributed by atoms with E-state index in [0.29, 0.717) is 22.3 Å². The van der Waals surface area contributed by atoms with Crippen LogP contribution in [-0.4, -0.2) is 5.54 Å². The minimum absolute atomic E-state index is 0.0533. The first-order valence-corrected chi connectivity index (χ1v) is 5.54. The lowest BCUT2D eigenvalue weighted by Gasteiger charge is -2.21. The molecule has 1 aromatic rings. The zero-order valence-corrected chi connectivity index (χ0v) is 10.7. The Morgan fingerprint density at radius 1 is 1.27 bits per heavy atom. The third-order valence-corrected chi connectivity index (χ3v) is 2.79. The Labute approximate surface area is 101 Å². The van der Waals surface area contributed by atoms with E-state index in [2.05, 4.69) is 26.1 Å². The Bertz CT molecular complexity index is 356. The van der Waals surface area contributed by atoms with Crippen molar-refractivity contribution in [3.63, 3.8) is 0 Å². The van der Waals surface area contributed by atoms with Crippen molar-refractivity contribution < 1.29 is 0 Å². The molecule has 0 saturated heterocycles. The Hall–Kier alpha value is -0.440. The molecule has 15 heavy (non-hydrogen) atoms. The SMILES string of the molecule is CC(C)(C)NCc1ccc(Cl)c(N)c1Cl. The number of anilines is 1. The molecule has 0 bridgehead atoms. The summed E-state index contributed by atoms with van der Waals surface area (Å²) in [6.07, 6.45) is 0. The van der Waals surface area contributed by atoms with Crippen molar-refractivity contribution in [3.8, 4) is 0 Å². The molecule has 0 radical (unpaired) electrons. The second kappa shape index (κ2) is 4.60. The fourth-order valence-corrected chi connectivity index (χ4v) is 1.55. The van der Waals surface area contributed by atoms with Crippen LogP contribution in [-0.2, 0) is 6.54 Å². The van der Waals surface area contributed by atoms with Crippen LogP contribution in [0.5, 0.6) is 0 Å². The molecule has 0 aliphatic rings. The van der Waals surface area contributed by atoms with Gasteiger partial charge in [0.2, 0.25) is 0 Å². The fraction of sp³-hybridized carbons (Fsp3) is 0.455. The maximum atomic E-state index is 6.08. The van der Waals surface area contributed by atoms with Gasteiger partial charge < -0.3 is 11.1 Å². The minimum atomic E-state index is 0.0533. The molecule has 0 heterocycles. The van der Waals surface area contributed by atoms with Crippen molar-refractivity contribution in [2.45, 2.75) is 32.9 Å². The molecular formula is C11H16Cl2N2. The van der Waals surface area contributed by atoms with Gasteiger partial charge in [-0.25, -0.2) is 0 Å². The predicted molar refractivity (Wildman–Crippen MR) is 67.5 cm³/mol. The highest BCUT2D eigenvalue weighted by molar-refractivity contribution is 6.39. The van der Waals surface area contributed by atoms with Crippen molar-refractivity contribution in [3.05, 3.63) is 27.7 Å². The maximum Gasteiger partial charge on any atom is 0.0696 e. The van der Waals surface area contributed by atoms with Gasteiger partial charge in [-0.05, 0) is 32.4 Å². The lowest BCUT2D eigenvalue weighted by molar-refractivity contribution is 0.424. The van der Waals surface area contributed by atoms with Crippen LogP contribution in [0, 0.1) is 0 Å². The summed E-state index contributed by atoms with van der Waals surface area (Å²) < 4.78 is 0. The van der Waals surface area contributed by atoms with Gasteiger partial charge in [-0.3, -0.25) is 0 Å². The highest BCUT2D eigenvalue weighted by atomic mass is 35.5. The second-order valence-corrected chi connectivity index (χ2v) is 5.32. The molecule has 0 aliphatic heterocycles. The Morgan fingerprint density at radius 3 is 2.40 bits per heavy atom. The van der Waals surface area contributed by atoms with Crippen LogP contribution in [0.4, 0.5) is 5.69 Å². The Balaban J connectivity index is 2.83. The van der Waals surface area contributed by atoms with Gasteiger partial charge in [-0.15, -0.1) is 0 Å². The number of halogens is 2. The van der Waals surface area contributed by atoms with Crippen molar-refractivity contribution in [1.29, 1.82) is 0 Å². The van der Waals surface area contributed by atoms with Crippen LogP contribution in [0.2, 0.25) is 10.0 Å². The van der Waals surface area contributed by atoms with E-state index >= 15 is 0 Å². The first-order chi connectivity index (χ1) is 6.81. The molecule has 2 nitrogen and oxygen atoms in total. The van der Waals surface area contributed by atoms with Gasteiger partial charge in [0.05, 0.1) is 15.7 Å². The van der Waals surface area contributed by atoms with Crippen molar-refractivity contribution in [2.75, 3.05) is 5.73 Å². The van der Waals surface area contributed by atoms with E-state index in [4.69, 9.17) is 28.9 Å². The van der Waals surface area contributed by atoms with Gasteiger partial charge in [0.15, 0.2) is 0 Å². The Kier molecular flexibility index (Phi) is 3.87. The van der Waals surface area contributed by atoms with E-state index in [9.17, 15) is 0 Å². The molecule has 3 N–H and O–H groups in total. The minimum Gasteiger partial charge on any atom is -0.396 e. The van der Waals surface area contributed by atoms with Gasteiger partial charge in [0.25, 0.3) is 0 Å². The first kappa shape index (κ1) is 12.6. The van der Waals surface area contributed by atoms with E-state index in [1.807, 2.05) is 6.07 Å². The monoisotopic (exact) mass is 246 g/mol. The number of benzene rings is 1. The molecular weight excluding hydrogens is 231 g/mol. The number of hydrogen-bond acceptors (Lipinski definition) is 2. The first-order valence-electron chi connectivity index (χ1n) is 4.78. The lowest BCUT2D eigenvalue weighted by atomic mass is 10.1. The normalized spacial score (nSPS) is 11.8. The molecule has 0 saturated carbocycles. The number of nitrogen functional groups attached to an aromatic ring is 1. The summed E-state index contributed by atoms with van der Waals surface area (Å²) >= 11 is 11.9. The van der Waals surface area contributed by atoms with Gasteiger partial charge in [-0.2, -0.15) is 0 Å². The van der Waals surface area contributed by atoms with Crippen LogP contribution in [0.25, 0.3) is 0 Å². The standard InChI is InChI=1S/C11H16Cl2N2/c1-11(2,3)15-6-7-4-5-8(12)10(14)9(7)13/h4-5,15H,6,14H2,1-3H3. The van der Waals surface area contributed by atoms with Gasteiger partial charge in [0.1, 0.15) is 0 Å². The summed E-state index contributed by atoms with van der Waals surface area (Å²) in [6, 6.07) is 3.65. The molecule has 0 spiro atoms. The molecule has 0 aromatic heterocycles. The summed E-state index contributed by atoms with van der Waals surface area (Å²) in [5.41, 5.74) is 7.20. The Morgan fingerprint density at radius 2 is 1.87 bits per heavy atom. The number of rotatable bonds is 2. The second-order valence-electron chi connectivity index (χ2n) is 4.54. The predicted octanol–water partition coefficient (Wildman–Crippen LogP) is 3.46. The van der Waals surface area contributed by atoms with E-state index in [1.165, 1.54) is 0 Å². The summed E-state index contributed by atoms with van der Waals surface area (Å²) in [4.78, 5) is 0. The summed E-state index contributed by atoms with van der Waals surface area (Å²) in [6.45, 7) is 6.98. The smallest absolute Gasteiger partial charge is 0.0696 e. The molecule has 0 aliphatic carbocycles. The van der Waals surface area contributed by atoms with Crippen LogP contribution in [0.15, 0.2) is 12.1 Å². The van der Waals surface area contributed by atoms with Crippen LogP contribution >= 0.6 is 23.2 Å². The van der Waals surface area contributed by atoms with E-state index in [1.54, 1.807) is 6.07 Å². The molecule has 1 rings (SSSR count). The molecule has 0 amide bonds.